The fourth-order valence-electron chi connectivity index (χ4n) is 1.91. The number of carbonyl (C=O) groups excluding carboxylic acids is 1. The molecule has 0 aromatic heterocycles. The van der Waals surface area contributed by atoms with Gasteiger partial charge in [-0.2, -0.15) is 0 Å². The van der Waals surface area contributed by atoms with Gasteiger partial charge in [0.15, 0.2) is 0 Å². The third-order valence-corrected chi connectivity index (χ3v) is 3.72. The summed E-state index contributed by atoms with van der Waals surface area (Å²) >= 11 is 11.9. The number of halogens is 2. The molecule has 0 aliphatic rings. The van der Waals surface area contributed by atoms with Crippen LogP contribution in [0.5, 0.6) is 5.75 Å². The van der Waals surface area contributed by atoms with Crippen molar-refractivity contribution in [2.45, 2.75) is 13.5 Å². The normalized spacial score (nSPS) is 10.2. The Kier molecular flexibility index (Phi) is 5.52. The number of nitrogens with one attached hydrogen (secondary N) is 2. The SMILES string of the molecule is COc1ccc(NC(=O)NCc2ccc(Cl)cc2Cl)c(C)c1. The molecule has 0 atom stereocenters. The molecule has 0 saturated carbocycles. The van der Waals surface area contributed by atoms with Crippen LogP contribution in [0.15, 0.2) is 36.4 Å². The molecule has 0 fully saturated rings. The number of hydrogen-bond donors (Lipinski definition) is 2. The second-order valence-electron chi connectivity index (χ2n) is 4.72. The minimum atomic E-state index is -0.306. The largest absolute Gasteiger partial charge is 0.497 e. The summed E-state index contributed by atoms with van der Waals surface area (Å²) in [6.45, 7) is 2.21. The number of anilines is 1. The molecule has 2 N–H and O–H groups in total. The summed E-state index contributed by atoms with van der Waals surface area (Å²) in [7, 11) is 1.60. The van der Waals surface area contributed by atoms with E-state index in [1.165, 1.54) is 0 Å². The number of benzene rings is 2. The Morgan fingerprint density at radius 2 is 1.95 bits per heavy atom. The van der Waals surface area contributed by atoms with Crippen molar-refractivity contribution in [3.8, 4) is 5.75 Å². The maximum Gasteiger partial charge on any atom is 0.319 e. The van der Waals surface area contributed by atoms with Crippen LogP contribution < -0.4 is 15.4 Å². The van der Waals surface area contributed by atoms with E-state index in [0.29, 0.717) is 16.6 Å². The zero-order valence-electron chi connectivity index (χ0n) is 12.2. The van der Waals surface area contributed by atoms with Crippen molar-refractivity contribution in [2.24, 2.45) is 0 Å². The number of rotatable bonds is 4. The van der Waals surface area contributed by atoms with Crippen LogP contribution in [-0.4, -0.2) is 13.1 Å². The molecule has 0 aliphatic carbocycles. The number of urea groups is 1. The number of carbonyl (C=O) groups is 1. The lowest BCUT2D eigenvalue weighted by molar-refractivity contribution is 0.251. The van der Waals surface area contributed by atoms with Gasteiger partial charge < -0.3 is 15.4 Å². The zero-order valence-corrected chi connectivity index (χ0v) is 13.8. The first-order chi connectivity index (χ1) is 10.5. The number of amides is 2. The van der Waals surface area contributed by atoms with Crippen molar-refractivity contribution in [2.75, 3.05) is 12.4 Å². The van der Waals surface area contributed by atoms with Crippen LogP contribution in [0, 0.1) is 6.92 Å². The quantitative estimate of drug-likeness (QED) is 0.853. The number of aryl methyl sites for hydroxylation is 1. The Bertz CT molecular complexity index is 690. The van der Waals surface area contributed by atoms with Gasteiger partial charge in [0, 0.05) is 22.3 Å². The molecule has 0 radical (unpaired) electrons. The van der Waals surface area contributed by atoms with Crippen LogP contribution in [-0.2, 0) is 6.54 Å². The number of ether oxygens (including phenoxy) is 1. The van der Waals surface area contributed by atoms with Crippen molar-refractivity contribution in [3.63, 3.8) is 0 Å². The van der Waals surface area contributed by atoms with E-state index in [0.717, 1.165) is 22.6 Å². The third kappa shape index (κ3) is 4.29. The highest BCUT2D eigenvalue weighted by atomic mass is 35.5. The second kappa shape index (κ2) is 7.38. The monoisotopic (exact) mass is 338 g/mol. The van der Waals surface area contributed by atoms with E-state index in [4.69, 9.17) is 27.9 Å². The molecule has 2 aromatic rings. The van der Waals surface area contributed by atoms with E-state index < -0.39 is 0 Å². The Balaban J connectivity index is 1.95. The van der Waals surface area contributed by atoms with Gasteiger partial charge in [-0.15, -0.1) is 0 Å². The van der Waals surface area contributed by atoms with E-state index in [1.807, 2.05) is 13.0 Å². The minimum Gasteiger partial charge on any atom is -0.497 e. The molecule has 2 amide bonds. The lowest BCUT2D eigenvalue weighted by Gasteiger charge is -2.11. The number of hydrogen-bond acceptors (Lipinski definition) is 2. The maximum atomic E-state index is 11.9. The average Bonchev–Trinajstić information content (AvgIpc) is 2.48. The molecule has 6 heteroatoms. The third-order valence-electron chi connectivity index (χ3n) is 3.14. The first-order valence-corrected chi connectivity index (χ1v) is 7.38. The molecule has 22 heavy (non-hydrogen) atoms. The molecule has 0 spiro atoms. The first kappa shape index (κ1) is 16.5. The van der Waals surface area contributed by atoms with Crippen LogP contribution in [0.2, 0.25) is 10.0 Å². The van der Waals surface area contributed by atoms with Crippen LogP contribution in [0.1, 0.15) is 11.1 Å². The molecule has 4 nitrogen and oxygen atoms in total. The highest BCUT2D eigenvalue weighted by Crippen LogP contribution is 2.22. The van der Waals surface area contributed by atoms with Gasteiger partial charge in [0.1, 0.15) is 5.75 Å². The lowest BCUT2D eigenvalue weighted by Crippen LogP contribution is -2.28. The van der Waals surface area contributed by atoms with E-state index in [2.05, 4.69) is 10.6 Å². The van der Waals surface area contributed by atoms with Crippen LogP contribution in [0.4, 0.5) is 10.5 Å². The summed E-state index contributed by atoms with van der Waals surface area (Å²) in [4.78, 5) is 11.9. The molecule has 0 heterocycles. The van der Waals surface area contributed by atoms with Gasteiger partial charge in [0.25, 0.3) is 0 Å². The Morgan fingerprint density at radius 1 is 1.18 bits per heavy atom. The first-order valence-electron chi connectivity index (χ1n) is 6.63. The van der Waals surface area contributed by atoms with Crippen molar-refractivity contribution in [1.29, 1.82) is 0 Å². The van der Waals surface area contributed by atoms with E-state index in [9.17, 15) is 4.79 Å². The molecular weight excluding hydrogens is 323 g/mol. The molecule has 2 aromatic carbocycles. The summed E-state index contributed by atoms with van der Waals surface area (Å²) in [6.07, 6.45) is 0. The Morgan fingerprint density at radius 3 is 2.59 bits per heavy atom. The summed E-state index contributed by atoms with van der Waals surface area (Å²) in [5.74, 6) is 0.747. The van der Waals surface area contributed by atoms with E-state index in [1.54, 1.807) is 37.4 Å². The molecule has 116 valence electrons. The predicted molar refractivity (Wildman–Crippen MR) is 90.1 cm³/mol. The smallest absolute Gasteiger partial charge is 0.319 e. The summed E-state index contributed by atoms with van der Waals surface area (Å²) in [5.41, 5.74) is 2.44. The highest BCUT2D eigenvalue weighted by molar-refractivity contribution is 6.35. The van der Waals surface area contributed by atoms with E-state index in [-0.39, 0.29) is 6.03 Å². The van der Waals surface area contributed by atoms with Gasteiger partial charge in [-0.05, 0) is 48.4 Å². The van der Waals surface area contributed by atoms with Gasteiger partial charge in [-0.3, -0.25) is 0 Å². The minimum absolute atomic E-state index is 0.306. The molecule has 0 unspecified atom stereocenters. The van der Waals surface area contributed by atoms with Gasteiger partial charge >= 0.3 is 6.03 Å². The maximum absolute atomic E-state index is 11.9. The highest BCUT2D eigenvalue weighted by Gasteiger charge is 2.07. The molecular formula is C16H16Cl2N2O2. The van der Waals surface area contributed by atoms with Gasteiger partial charge in [0.05, 0.1) is 7.11 Å². The summed E-state index contributed by atoms with van der Waals surface area (Å²) < 4.78 is 5.13. The molecule has 0 bridgehead atoms. The van der Waals surface area contributed by atoms with Crippen molar-refractivity contribution < 1.29 is 9.53 Å². The van der Waals surface area contributed by atoms with Crippen molar-refractivity contribution in [1.82, 2.24) is 5.32 Å². The van der Waals surface area contributed by atoms with Crippen LogP contribution in [0.25, 0.3) is 0 Å². The lowest BCUT2D eigenvalue weighted by atomic mass is 10.2. The fraction of sp³-hybridized carbons (Fsp3) is 0.188. The molecule has 2 rings (SSSR count). The van der Waals surface area contributed by atoms with Gasteiger partial charge in [0.2, 0.25) is 0 Å². The second-order valence-corrected chi connectivity index (χ2v) is 5.57. The Hall–Kier alpha value is -1.91. The van der Waals surface area contributed by atoms with Crippen molar-refractivity contribution >= 4 is 34.9 Å². The molecule has 0 aliphatic heterocycles. The average molecular weight is 339 g/mol. The van der Waals surface area contributed by atoms with Gasteiger partial charge in [-0.25, -0.2) is 4.79 Å². The predicted octanol–water partition coefficient (Wildman–Crippen LogP) is 4.63. The zero-order chi connectivity index (χ0) is 16.1. The summed E-state index contributed by atoms with van der Waals surface area (Å²) in [6, 6.07) is 10.3. The fourth-order valence-corrected chi connectivity index (χ4v) is 2.39. The van der Waals surface area contributed by atoms with E-state index >= 15 is 0 Å². The van der Waals surface area contributed by atoms with Gasteiger partial charge in [-0.1, -0.05) is 29.3 Å². The standard InChI is InChI=1S/C16H16Cl2N2O2/c1-10-7-13(22-2)5-6-15(10)20-16(21)19-9-11-3-4-12(17)8-14(11)18/h3-8H,9H2,1-2H3,(H2,19,20,21). The van der Waals surface area contributed by atoms with Crippen LogP contribution >= 0.6 is 23.2 Å². The van der Waals surface area contributed by atoms with Crippen molar-refractivity contribution in [3.05, 3.63) is 57.6 Å². The number of methoxy groups -OCH3 is 1. The summed E-state index contributed by atoms with van der Waals surface area (Å²) in [5, 5.41) is 6.63. The Labute approximate surface area is 139 Å². The van der Waals surface area contributed by atoms with Crippen LogP contribution in [0.3, 0.4) is 0 Å². The topological polar surface area (TPSA) is 50.4 Å². The molecule has 0 saturated heterocycles.